The number of hydrogen-bond donors (Lipinski definition) is 3. The van der Waals surface area contributed by atoms with Crippen molar-refractivity contribution in [1.29, 1.82) is 0 Å². The first-order valence-electron chi connectivity index (χ1n) is 10.9. The lowest BCUT2D eigenvalue weighted by atomic mass is 10.2. The number of rotatable bonds is 7. The number of carbonyl (C=O) groups is 2. The molecule has 2 aromatic rings. The van der Waals surface area contributed by atoms with E-state index in [-0.39, 0.29) is 12.5 Å². The lowest BCUT2D eigenvalue weighted by Crippen LogP contribution is -2.36. The van der Waals surface area contributed by atoms with Crippen LogP contribution in [0.2, 0.25) is 0 Å². The summed E-state index contributed by atoms with van der Waals surface area (Å²) in [6.07, 6.45) is 7.16. The van der Waals surface area contributed by atoms with Gasteiger partial charge in [-0.1, -0.05) is 18.9 Å². The number of carbonyl (C=O) groups excluding carboxylic acids is 2. The van der Waals surface area contributed by atoms with Gasteiger partial charge in [0.25, 0.3) is 0 Å². The molecule has 0 saturated heterocycles. The Morgan fingerprint density at radius 3 is 2.62 bits per heavy atom. The fourth-order valence-electron chi connectivity index (χ4n) is 4.31. The summed E-state index contributed by atoms with van der Waals surface area (Å²) < 4.78 is 0. The van der Waals surface area contributed by atoms with Crippen LogP contribution in [0.1, 0.15) is 25.7 Å². The third-order valence-corrected chi connectivity index (χ3v) is 5.83. The molecule has 0 radical (unpaired) electrons. The zero-order valence-corrected chi connectivity index (χ0v) is 19.1. The van der Waals surface area contributed by atoms with Crippen molar-refractivity contribution in [2.45, 2.75) is 31.7 Å². The number of anilines is 5. The lowest BCUT2D eigenvalue weighted by Gasteiger charge is -2.26. The van der Waals surface area contributed by atoms with Crippen LogP contribution in [-0.2, 0) is 9.59 Å². The molecule has 3 N–H and O–H groups in total. The number of amides is 1. The molecule has 0 unspecified atom stereocenters. The van der Waals surface area contributed by atoms with Gasteiger partial charge in [0.2, 0.25) is 5.91 Å². The van der Waals surface area contributed by atoms with Gasteiger partial charge in [0.05, 0.1) is 36.5 Å². The van der Waals surface area contributed by atoms with Crippen LogP contribution in [0.15, 0.2) is 36.5 Å². The first-order chi connectivity index (χ1) is 15.5. The molecule has 2 heterocycles. The van der Waals surface area contributed by atoms with E-state index in [0.29, 0.717) is 6.04 Å². The SMILES string of the molecule is C=O.CNC(=O)CN(C)Nc1cccc(Nc2cc3c(cn2)N(C)CN3C2CCCC2)c1. The molecule has 1 aromatic carbocycles. The molecule has 0 atom stereocenters. The van der Waals surface area contributed by atoms with Crippen LogP contribution in [0.4, 0.5) is 28.6 Å². The molecule has 2 aliphatic rings. The van der Waals surface area contributed by atoms with Gasteiger partial charge in [-0.15, -0.1) is 0 Å². The molecule has 1 saturated carbocycles. The average molecular weight is 440 g/mol. The Labute approximate surface area is 189 Å². The molecule has 4 rings (SSSR count). The Bertz CT molecular complexity index is 917. The molecule has 1 aromatic heterocycles. The maximum atomic E-state index is 11.5. The number of hydrogen-bond acceptors (Lipinski definition) is 8. The van der Waals surface area contributed by atoms with Crippen LogP contribution in [0.5, 0.6) is 0 Å². The summed E-state index contributed by atoms with van der Waals surface area (Å²) in [5, 5.41) is 7.81. The fraction of sp³-hybridized carbons (Fsp3) is 0.435. The van der Waals surface area contributed by atoms with Crippen molar-refractivity contribution in [3.05, 3.63) is 36.5 Å². The molecule has 1 fully saturated rings. The van der Waals surface area contributed by atoms with Crippen molar-refractivity contribution in [1.82, 2.24) is 15.3 Å². The van der Waals surface area contributed by atoms with Crippen LogP contribution < -0.4 is 25.9 Å². The topological polar surface area (TPSA) is 92.8 Å². The van der Waals surface area contributed by atoms with Gasteiger partial charge in [-0.05, 0) is 31.0 Å². The van der Waals surface area contributed by atoms with E-state index < -0.39 is 0 Å². The number of benzene rings is 1. The number of likely N-dealkylation sites (N-methyl/N-ethyl adjacent to an activating group) is 2. The van der Waals surface area contributed by atoms with E-state index in [2.05, 4.69) is 44.0 Å². The first kappa shape index (κ1) is 23.3. The van der Waals surface area contributed by atoms with E-state index >= 15 is 0 Å². The number of nitrogens with zero attached hydrogens (tertiary/aromatic N) is 4. The Hall–Kier alpha value is -3.33. The molecule has 1 aliphatic carbocycles. The van der Waals surface area contributed by atoms with E-state index in [0.717, 1.165) is 23.9 Å². The average Bonchev–Trinajstić information content (AvgIpc) is 3.43. The van der Waals surface area contributed by atoms with Crippen molar-refractivity contribution in [3.8, 4) is 0 Å². The number of fused-ring (bicyclic) bond motifs is 1. The second-order valence-corrected chi connectivity index (χ2v) is 8.15. The van der Waals surface area contributed by atoms with Crippen LogP contribution in [-0.4, -0.2) is 63.1 Å². The summed E-state index contributed by atoms with van der Waals surface area (Å²) in [5.41, 5.74) is 7.53. The third kappa shape index (κ3) is 5.47. The van der Waals surface area contributed by atoms with Gasteiger partial charge in [-0.25, -0.2) is 9.99 Å². The predicted molar refractivity (Wildman–Crippen MR) is 129 cm³/mol. The van der Waals surface area contributed by atoms with Gasteiger partial charge < -0.3 is 30.7 Å². The highest BCUT2D eigenvalue weighted by atomic mass is 16.2. The Balaban J connectivity index is 0.00000141. The summed E-state index contributed by atoms with van der Waals surface area (Å²) in [4.78, 5) is 29.0. The third-order valence-electron chi connectivity index (χ3n) is 5.83. The Morgan fingerprint density at radius 2 is 1.91 bits per heavy atom. The van der Waals surface area contributed by atoms with Gasteiger partial charge in [-0.3, -0.25) is 4.79 Å². The molecule has 9 heteroatoms. The zero-order chi connectivity index (χ0) is 23.1. The number of nitrogens with one attached hydrogen (secondary N) is 3. The van der Waals surface area contributed by atoms with Crippen molar-refractivity contribution in [2.24, 2.45) is 0 Å². The minimum absolute atomic E-state index is 0.0431. The minimum Gasteiger partial charge on any atom is -0.358 e. The van der Waals surface area contributed by atoms with Crippen molar-refractivity contribution < 1.29 is 9.59 Å². The first-order valence-corrected chi connectivity index (χ1v) is 10.9. The largest absolute Gasteiger partial charge is 0.358 e. The number of aromatic nitrogens is 1. The van der Waals surface area contributed by atoms with Crippen LogP contribution in [0, 0.1) is 0 Å². The lowest BCUT2D eigenvalue weighted by molar-refractivity contribution is -0.121. The van der Waals surface area contributed by atoms with Crippen LogP contribution in [0.25, 0.3) is 0 Å². The highest BCUT2D eigenvalue weighted by Gasteiger charge is 2.31. The predicted octanol–water partition coefficient (Wildman–Crippen LogP) is 2.80. The number of pyridine rings is 1. The van der Waals surface area contributed by atoms with E-state index in [1.807, 2.05) is 44.3 Å². The maximum Gasteiger partial charge on any atom is 0.235 e. The van der Waals surface area contributed by atoms with Gasteiger partial charge in [-0.2, -0.15) is 0 Å². The van der Waals surface area contributed by atoms with E-state index in [4.69, 9.17) is 4.79 Å². The molecule has 0 bridgehead atoms. The summed E-state index contributed by atoms with van der Waals surface area (Å²) in [7, 11) is 5.61. The van der Waals surface area contributed by atoms with E-state index in [1.54, 1.807) is 12.1 Å². The molecule has 172 valence electrons. The molecule has 9 nitrogen and oxygen atoms in total. The highest BCUT2D eigenvalue weighted by molar-refractivity contribution is 5.79. The Kier molecular flexibility index (Phi) is 7.88. The van der Waals surface area contributed by atoms with Crippen LogP contribution >= 0.6 is 0 Å². The summed E-state index contributed by atoms with van der Waals surface area (Å²) in [6.45, 7) is 3.20. The second-order valence-electron chi connectivity index (χ2n) is 8.15. The van der Waals surface area contributed by atoms with Crippen LogP contribution in [0.3, 0.4) is 0 Å². The Morgan fingerprint density at radius 1 is 1.19 bits per heavy atom. The molecule has 0 spiro atoms. The summed E-state index contributed by atoms with van der Waals surface area (Å²) in [6, 6.07) is 10.8. The fourth-order valence-corrected chi connectivity index (χ4v) is 4.31. The molecular formula is C23H33N7O2. The van der Waals surface area contributed by atoms with Gasteiger partial charge in [0.15, 0.2) is 0 Å². The molecule has 32 heavy (non-hydrogen) atoms. The van der Waals surface area contributed by atoms with E-state index in [1.165, 1.54) is 37.1 Å². The number of hydrazine groups is 1. The van der Waals surface area contributed by atoms with E-state index in [9.17, 15) is 4.79 Å². The van der Waals surface area contributed by atoms with Crippen molar-refractivity contribution >= 4 is 41.3 Å². The monoisotopic (exact) mass is 439 g/mol. The summed E-state index contributed by atoms with van der Waals surface area (Å²) >= 11 is 0. The molecular weight excluding hydrogens is 406 g/mol. The maximum absolute atomic E-state index is 11.5. The molecule has 1 aliphatic heterocycles. The normalized spacial score (nSPS) is 15.2. The van der Waals surface area contributed by atoms with Gasteiger partial charge in [0.1, 0.15) is 12.6 Å². The van der Waals surface area contributed by atoms with Crippen molar-refractivity contribution in [3.63, 3.8) is 0 Å². The van der Waals surface area contributed by atoms with Gasteiger partial charge >= 0.3 is 0 Å². The highest BCUT2D eigenvalue weighted by Crippen LogP contribution is 2.40. The smallest absolute Gasteiger partial charge is 0.235 e. The second kappa shape index (κ2) is 10.8. The quantitative estimate of drug-likeness (QED) is 0.567. The summed E-state index contributed by atoms with van der Waals surface area (Å²) in [5.74, 6) is 0.793. The zero-order valence-electron chi connectivity index (χ0n) is 19.1. The molecule has 1 amide bonds. The van der Waals surface area contributed by atoms with Crippen molar-refractivity contribution in [2.75, 3.05) is 54.9 Å². The van der Waals surface area contributed by atoms with Gasteiger partial charge in [0, 0.05) is 38.9 Å². The standard InChI is InChI=1S/C22H31N7O.CH2O/c1-23-22(30)14-28(3)26-17-8-6-7-16(11-17)25-21-12-19-20(13-24-21)27(2)15-29(19)18-9-4-5-10-18;1-2/h6-8,11-13,18,26H,4-5,9-10,14-15H2,1-3H3,(H,23,30)(H,24,25);1H2. The minimum atomic E-state index is -0.0431.